The van der Waals surface area contributed by atoms with E-state index in [-0.39, 0.29) is 11.8 Å². The van der Waals surface area contributed by atoms with Gasteiger partial charge in [0, 0.05) is 37.9 Å². The molecule has 7 nitrogen and oxygen atoms in total. The number of rotatable bonds is 5. The highest BCUT2D eigenvalue weighted by Crippen LogP contribution is 2.20. The zero-order valence-electron chi connectivity index (χ0n) is 15.0. The van der Waals surface area contributed by atoms with Gasteiger partial charge in [0.15, 0.2) is 5.82 Å². The maximum atomic E-state index is 12.5. The molecule has 1 fully saturated rings. The number of likely N-dealkylation sites (tertiary alicyclic amines) is 1. The van der Waals surface area contributed by atoms with E-state index in [9.17, 15) is 4.79 Å². The number of nitrogens with one attached hydrogen (secondary N) is 1. The van der Waals surface area contributed by atoms with Crippen molar-refractivity contribution in [3.05, 3.63) is 66.9 Å². The molecule has 1 aliphatic heterocycles. The first-order chi connectivity index (χ1) is 13.3. The number of nitrogens with zero attached hydrogens (tertiary/aromatic N) is 5. The summed E-state index contributed by atoms with van der Waals surface area (Å²) in [5.41, 5.74) is 2.28. The highest BCUT2D eigenvalue weighted by Gasteiger charge is 2.26. The van der Waals surface area contributed by atoms with Crippen LogP contribution in [-0.4, -0.2) is 43.6 Å². The fourth-order valence-electron chi connectivity index (χ4n) is 3.44. The molecule has 1 saturated heterocycles. The van der Waals surface area contributed by atoms with Crippen molar-refractivity contribution in [2.24, 2.45) is 5.92 Å². The largest absolute Gasteiger partial charge is 0.309 e. The van der Waals surface area contributed by atoms with Crippen LogP contribution in [0.1, 0.15) is 18.4 Å². The number of amides is 1. The van der Waals surface area contributed by atoms with Gasteiger partial charge in [-0.2, -0.15) is 5.10 Å². The Kier molecular flexibility index (Phi) is 5.20. The van der Waals surface area contributed by atoms with Crippen molar-refractivity contribution in [1.29, 1.82) is 0 Å². The Morgan fingerprint density at radius 2 is 2.07 bits per heavy atom. The molecule has 1 aliphatic rings. The number of piperidine rings is 1. The third-order valence-corrected chi connectivity index (χ3v) is 4.80. The van der Waals surface area contributed by atoms with Crippen molar-refractivity contribution in [1.82, 2.24) is 24.6 Å². The zero-order chi connectivity index (χ0) is 18.5. The second kappa shape index (κ2) is 8.09. The number of hydrogen-bond acceptors (Lipinski definition) is 5. The minimum Gasteiger partial charge on any atom is -0.309 e. The van der Waals surface area contributed by atoms with E-state index >= 15 is 0 Å². The molecule has 3 heterocycles. The molecule has 0 saturated carbocycles. The second-order valence-electron chi connectivity index (χ2n) is 6.77. The molecule has 1 atom stereocenters. The number of aromatic nitrogens is 4. The van der Waals surface area contributed by atoms with Gasteiger partial charge in [-0.05, 0) is 43.1 Å². The SMILES string of the molecule is O=C(Nc1cnccn1)[C@@H]1CCCN(Cc2ccc(-n3cccn3)cc2)C1. The fraction of sp³-hybridized carbons (Fsp3) is 0.300. The lowest BCUT2D eigenvalue weighted by molar-refractivity contribution is -0.121. The van der Waals surface area contributed by atoms with Crippen molar-refractivity contribution in [2.45, 2.75) is 19.4 Å². The van der Waals surface area contributed by atoms with Crippen LogP contribution in [0.3, 0.4) is 0 Å². The molecule has 0 spiro atoms. The van der Waals surface area contributed by atoms with Crippen LogP contribution in [0.4, 0.5) is 5.82 Å². The maximum absolute atomic E-state index is 12.5. The third-order valence-electron chi connectivity index (χ3n) is 4.80. The Balaban J connectivity index is 1.35. The summed E-state index contributed by atoms with van der Waals surface area (Å²) in [4.78, 5) is 23.0. The highest BCUT2D eigenvalue weighted by atomic mass is 16.2. The van der Waals surface area contributed by atoms with Gasteiger partial charge in [-0.15, -0.1) is 0 Å². The summed E-state index contributed by atoms with van der Waals surface area (Å²) in [5.74, 6) is 0.507. The molecule has 4 rings (SSSR count). The van der Waals surface area contributed by atoms with Gasteiger partial charge >= 0.3 is 0 Å². The van der Waals surface area contributed by atoms with Crippen LogP contribution in [0.25, 0.3) is 5.69 Å². The lowest BCUT2D eigenvalue weighted by atomic mass is 9.96. The Morgan fingerprint density at radius 1 is 1.19 bits per heavy atom. The molecule has 0 bridgehead atoms. The van der Waals surface area contributed by atoms with E-state index in [0.717, 1.165) is 38.2 Å². The van der Waals surface area contributed by atoms with Crippen LogP contribution < -0.4 is 5.32 Å². The van der Waals surface area contributed by atoms with E-state index in [2.05, 4.69) is 49.5 Å². The summed E-state index contributed by atoms with van der Waals surface area (Å²) in [6, 6.07) is 10.3. The lowest BCUT2D eigenvalue weighted by Gasteiger charge is -2.32. The molecular formula is C20H22N6O. The van der Waals surface area contributed by atoms with Crippen LogP contribution in [-0.2, 0) is 11.3 Å². The van der Waals surface area contributed by atoms with Crippen molar-refractivity contribution in [3.63, 3.8) is 0 Å². The summed E-state index contributed by atoms with van der Waals surface area (Å²) in [6.45, 7) is 2.61. The first kappa shape index (κ1) is 17.4. The molecule has 138 valence electrons. The number of hydrogen-bond donors (Lipinski definition) is 1. The highest BCUT2D eigenvalue weighted by molar-refractivity contribution is 5.91. The first-order valence-corrected chi connectivity index (χ1v) is 9.16. The normalized spacial score (nSPS) is 17.6. The summed E-state index contributed by atoms with van der Waals surface area (Å²) in [5, 5.41) is 7.12. The summed E-state index contributed by atoms with van der Waals surface area (Å²) in [6.07, 6.45) is 10.4. The summed E-state index contributed by atoms with van der Waals surface area (Å²) in [7, 11) is 0. The Labute approximate surface area is 158 Å². The van der Waals surface area contributed by atoms with Gasteiger partial charge in [-0.1, -0.05) is 12.1 Å². The van der Waals surface area contributed by atoms with E-state index in [1.165, 1.54) is 5.56 Å². The smallest absolute Gasteiger partial charge is 0.229 e. The topological polar surface area (TPSA) is 75.9 Å². The van der Waals surface area contributed by atoms with Gasteiger partial charge < -0.3 is 5.32 Å². The second-order valence-corrected chi connectivity index (χ2v) is 6.77. The Morgan fingerprint density at radius 3 is 2.81 bits per heavy atom. The molecule has 27 heavy (non-hydrogen) atoms. The van der Waals surface area contributed by atoms with E-state index < -0.39 is 0 Å². The molecule has 7 heteroatoms. The quantitative estimate of drug-likeness (QED) is 0.755. The van der Waals surface area contributed by atoms with Gasteiger partial charge in [0.05, 0.1) is 17.8 Å². The molecular weight excluding hydrogens is 340 g/mol. The van der Waals surface area contributed by atoms with E-state index in [1.807, 2.05) is 16.9 Å². The van der Waals surface area contributed by atoms with Crippen molar-refractivity contribution >= 4 is 11.7 Å². The maximum Gasteiger partial charge on any atom is 0.229 e. The van der Waals surface area contributed by atoms with Crippen LogP contribution in [0.2, 0.25) is 0 Å². The third kappa shape index (κ3) is 4.38. The predicted octanol–water partition coefficient (Wildman–Crippen LogP) is 2.51. The number of anilines is 1. The molecule has 0 radical (unpaired) electrons. The molecule has 0 unspecified atom stereocenters. The van der Waals surface area contributed by atoms with Crippen molar-refractivity contribution < 1.29 is 4.79 Å². The number of carbonyl (C=O) groups excluding carboxylic acids is 1. The monoisotopic (exact) mass is 362 g/mol. The molecule has 1 N–H and O–H groups in total. The van der Waals surface area contributed by atoms with Gasteiger partial charge in [-0.25, -0.2) is 9.67 Å². The number of benzene rings is 1. The Bertz CT molecular complexity index is 863. The average Bonchev–Trinajstić information content (AvgIpc) is 3.24. The van der Waals surface area contributed by atoms with E-state index in [1.54, 1.807) is 24.8 Å². The number of carbonyl (C=O) groups is 1. The van der Waals surface area contributed by atoms with Gasteiger partial charge in [0.1, 0.15) is 0 Å². The van der Waals surface area contributed by atoms with Crippen molar-refractivity contribution in [2.75, 3.05) is 18.4 Å². The first-order valence-electron chi connectivity index (χ1n) is 9.16. The standard InChI is InChI=1S/C20H22N6O/c27-20(24-19-13-21-9-10-22-19)17-3-1-11-25(15-17)14-16-4-6-18(7-5-16)26-12-2-8-23-26/h2,4-10,12-13,17H,1,3,11,14-15H2,(H,22,24,27)/t17-/m1/s1. The van der Waals surface area contributed by atoms with Crippen molar-refractivity contribution in [3.8, 4) is 5.69 Å². The van der Waals surface area contributed by atoms with E-state index in [4.69, 9.17) is 0 Å². The molecule has 3 aromatic rings. The van der Waals surface area contributed by atoms with Gasteiger partial charge in [0.25, 0.3) is 0 Å². The van der Waals surface area contributed by atoms with E-state index in [0.29, 0.717) is 5.82 Å². The van der Waals surface area contributed by atoms with Crippen LogP contribution >= 0.6 is 0 Å². The zero-order valence-corrected chi connectivity index (χ0v) is 15.0. The van der Waals surface area contributed by atoms with Crippen LogP contribution in [0.15, 0.2) is 61.3 Å². The molecule has 2 aromatic heterocycles. The van der Waals surface area contributed by atoms with Gasteiger partial charge in [0.2, 0.25) is 5.91 Å². The Hall–Kier alpha value is -3.06. The minimum absolute atomic E-state index is 0.0224. The summed E-state index contributed by atoms with van der Waals surface area (Å²) >= 11 is 0. The molecule has 0 aliphatic carbocycles. The van der Waals surface area contributed by atoms with Crippen LogP contribution in [0.5, 0.6) is 0 Å². The average molecular weight is 362 g/mol. The lowest BCUT2D eigenvalue weighted by Crippen LogP contribution is -2.40. The summed E-state index contributed by atoms with van der Waals surface area (Å²) < 4.78 is 1.84. The molecule has 1 amide bonds. The predicted molar refractivity (Wildman–Crippen MR) is 102 cm³/mol. The fourth-order valence-corrected chi connectivity index (χ4v) is 3.44. The molecule has 1 aromatic carbocycles. The van der Waals surface area contributed by atoms with Gasteiger partial charge in [-0.3, -0.25) is 14.7 Å². The van der Waals surface area contributed by atoms with Crippen LogP contribution in [0, 0.1) is 5.92 Å². The minimum atomic E-state index is -0.0240.